The van der Waals surface area contributed by atoms with Gasteiger partial charge < -0.3 is 4.74 Å². The molecule has 0 unspecified atom stereocenters. The Morgan fingerprint density at radius 1 is 1.06 bits per heavy atom. The van der Waals surface area contributed by atoms with Gasteiger partial charge in [-0.05, 0) is 77.0 Å². The van der Waals surface area contributed by atoms with E-state index in [-0.39, 0.29) is 5.91 Å². The van der Waals surface area contributed by atoms with Gasteiger partial charge in [0.25, 0.3) is 5.91 Å². The summed E-state index contributed by atoms with van der Waals surface area (Å²) >= 11 is 5.88. The van der Waals surface area contributed by atoms with Crippen molar-refractivity contribution in [1.82, 2.24) is 25.6 Å². The highest BCUT2D eigenvalue weighted by Crippen LogP contribution is 2.17. The third-order valence-electron chi connectivity index (χ3n) is 4.63. The first kappa shape index (κ1) is 21.2. The van der Waals surface area contributed by atoms with Crippen LogP contribution in [0.5, 0.6) is 5.75 Å². The van der Waals surface area contributed by atoms with Crippen molar-refractivity contribution in [2.75, 3.05) is 0 Å². The number of nitrogens with zero attached hydrogens (tertiary/aromatic N) is 5. The highest BCUT2D eigenvalue weighted by Gasteiger charge is 2.07. The Morgan fingerprint density at radius 2 is 1.84 bits per heavy atom. The van der Waals surface area contributed by atoms with Gasteiger partial charge in [0.2, 0.25) is 0 Å². The molecule has 9 heteroatoms. The van der Waals surface area contributed by atoms with E-state index in [1.807, 2.05) is 43.3 Å². The fraction of sp³-hybridized carbons (Fsp3) is 0.0870. The minimum atomic E-state index is -0.303. The minimum absolute atomic E-state index is 0.303. The standard InChI is InChI=1S/C23H19ClN6O2/c1-16(18-5-9-21(10-6-18)30-15-25-28-29-30)26-27-23(31)19-4-2-3-17(13-19)14-32-22-11-7-20(24)8-12-22/h2-13,15H,14H2,1H3,(H,27,31)/b26-16+. The molecule has 32 heavy (non-hydrogen) atoms. The second-order valence-electron chi connectivity index (χ2n) is 6.88. The van der Waals surface area contributed by atoms with Crippen LogP contribution >= 0.6 is 11.6 Å². The lowest BCUT2D eigenvalue weighted by atomic mass is 10.1. The molecule has 0 bridgehead atoms. The normalized spacial score (nSPS) is 11.2. The van der Waals surface area contributed by atoms with Gasteiger partial charge in [-0.15, -0.1) is 5.10 Å². The molecule has 3 aromatic carbocycles. The minimum Gasteiger partial charge on any atom is -0.489 e. The molecule has 0 spiro atoms. The summed E-state index contributed by atoms with van der Waals surface area (Å²) < 4.78 is 7.30. The van der Waals surface area contributed by atoms with Crippen molar-refractivity contribution < 1.29 is 9.53 Å². The summed E-state index contributed by atoms with van der Waals surface area (Å²) in [7, 11) is 0. The van der Waals surface area contributed by atoms with E-state index < -0.39 is 0 Å². The molecule has 0 aliphatic carbocycles. The first-order valence-electron chi connectivity index (χ1n) is 9.74. The average molecular weight is 447 g/mol. The van der Waals surface area contributed by atoms with Crippen molar-refractivity contribution in [3.8, 4) is 11.4 Å². The lowest BCUT2D eigenvalue weighted by molar-refractivity contribution is 0.0954. The van der Waals surface area contributed by atoms with Crippen LogP contribution < -0.4 is 10.2 Å². The maximum atomic E-state index is 12.6. The van der Waals surface area contributed by atoms with Crippen molar-refractivity contribution in [2.45, 2.75) is 13.5 Å². The smallest absolute Gasteiger partial charge is 0.271 e. The summed E-state index contributed by atoms with van der Waals surface area (Å²) in [5.74, 6) is 0.401. The lowest BCUT2D eigenvalue weighted by Crippen LogP contribution is -2.19. The third-order valence-corrected chi connectivity index (χ3v) is 4.88. The first-order valence-corrected chi connectivity index (χ1v) is 10.1. The van der Waals surface area contributed by atoms with Crippen LogP contribution in [0.25, 0.3) is 5.69 Å². The zero-order valence-corrected chi connectivity index (χ0v) is 17.9. The lowest BCUT2D eigenvalue weighted by Gasteiger charge is -2.08. The third kappa shape index (κ3) is 5.35. The predicted molar refractivity (Wildman–Crippen MR) is 121 cm³/mol. The molecular formula is C23H19ClN6O2. The number of hydrazone groups is 1. The zero-order valence-electron chi connectivity index (χ0n) is 17.1. The van der Waals surface area contributed by atoms with Crippen LogP contribution in [0.15, 0.2) is 84.2 Å². The topological polar surface area (TPSA) is 94.3 Å². The van der Waals surface area contributed by atoms with Gasteiger partial charge in [-0.2, -0.15) is 5.10 Å². The van der Waals surface area contributed by atoms with Crippen LogP contribution in [-0.2, 0) is 6.61 Å². The Labute approximate surface area is 189 Å². The monoisotopic (exact) mass is 446 g/mol. The summed E-state index contributed by atoms with van der Waals surface area (Å²) in [6.45, 7) is 2.15. The van der Waals surface area contributed by atoms with E-state index in [4.69, 9.17) is 16.3 Å². The Bertz CT molecular complexity index is 1220. The second-order valence-corrected chi connectivity index (χ2v) is 7.32. The van der Waals surface area contributed by atoms with Gasteiger partial charge in [-0.25, -0.2) is 10.1 Å². The van der Waals surface area contributed by atoms with Crippen LogP contribution in [0.4, 0.5) is 0 Å². The number of amides is 1. The summed E-state index contributed by atoms with van der Waals surface area (Å²) in [5.41, 5.74) is 6.33. The Hall–Kier alpha value is -4.04. The van der Waals surface area contributed by atoms with E-state index in [0.717, 1.165) is 16.8 Å². The molecule has 4 aromatic rings. The largest absolute Gasteiger partial charge is 0.489 e. The Balaban J connectivity index is 1.37. The van der Waals surface area contributed by atoms with E-state index in [2.05, 4.69) is 26.1 Å². The van der Waals surface area contributed by atoms with Crippen molar-refractivity contribution in [3.63, 3.8) is 0 Å². The predicted octanol–water partition coefficient (Wildman–Crippen LogP) is 4.05. The molecular weight excluding hydrogens is 428 g/mol. The molecule has 0 radical (unpaired) electrons. The number of aromatic nitrogens is 4. The van der Waals surface area contributed by atoms with Crippen molar-refractivity contribution >= 4 is 23.2 Å². The number of benzene rings is 3. The highest BCUT2D eigenvalue weighted by atomic mass is 35.5. The number of rotatable bonds is 7. The molecule has 1 amide bonds. The van der Waals surface area contributed by atoms with Crippen LogP contribution in [0.1, 0.15) is 28.4 Å². The number of hydrogen-bond donors (Lipinski definition) is 1. The number of ether oxygens (including phenoxy) is 1. The molecule has 1 aromatic heterocycles. The fourth-order valence-electron chi connectivity index (χ4n) is 2.90. The molecule has 0 aliphatic heterocycles. The zero-order chi connectivity index (χ0) is 22.3. The molecule has 160 valence electrons. The molecule has 0 fully saturated rings. The number of halogens is 1. The van der Waals surface area contributed by atoms with E-state index in [0.29, 0.717) is 28.7 Å². The van der Waals surface area contributed by atoms with Gasteiger partial charge in [0.1, 0.15) is 18.7 Å². The molecule has 0 saturated heterocycles. The maximum Gasteiger partial charge on any atom is 0.271 e. The van der Waals surface area contributed by atoms with Crippen LogP contribution in [-0.4, -0.2) is 31.8 Å². The van der Waals surface area contributed by atoms with Gasteiger partial charge in [0.05, 0.1) is 11.4 Å². The SMILES string of the molecule is C/C(=N\NC(=O)c1cccc(COc2ccc(Cl)cc2)c1)c1ccc(-n2cnnn2)cc1. The van der Waals surface area contributed by atoms with Crippen LogP contribution in [0.2, 0.25) is 5.02 Å². The molecule has 8 nitrogen and oxygen atoms in total. The van der Waals surface area contributed by atoms with Gasteiger partial charge in [0.15, 0.2) is 0 Å². The summed E-state index contributed by atoms with van der Waals surface area (Å²) in [4.78, 5) is 12.6. The highest BCUT2D eigenvalue weighted by molar-refractivity contribution is 6.30. The van der Waals surface area contributed by atoms with Gasteiger partial charge >= 0.3 is 0 Å². The van der Waals surface area contributed by atoms with Crippen molar-refractivity contribution in [3.05, 3.63) is 101 Å². The van der Waals surface area contributed by atoms with Gasteiger partial charge in [-0.1, -0.05) is 35.9 Å². The summed E-state index contributed by atoms with van der Waals surface area (Å²) in [6, 6.07) is 21.8. The summed E-state index contributed by atoms with van der Waals surface area (Å²) in [6.07, 6.45) is 1.52. The number of carbonyl (C=O) groups is 1. The van der Waals surface area contributed by atoms with E-state index in [9.17, 15) is 4.79 Å². The average Bonchev–Trinajstić information content (AvgIpc) is 3.37. The molecule has 0 aliphatic rings. The summed E-state index contributed by atoms with van der Waals surface area (Å²) in [5, 5.41) is 16.0. The van der Waals surface area contributed by atoms with Crippen LogP contribution in [0, 0.1) is 0 Å². The van der Waals surface area contributed by atoms with Crippen LogP contribution in [0.3, 0.4) is 0 Å². The molecule has 1 N–H and O–H groups in total. The molecule has 0 saturated carbocycles. The van der Waals surface area contributed by atoms with Crippen molar-refractivity contribution in [2.24, 2.45) is 5.10 Å². The van der Waals surface area contributed by atoms with E-state index in [1.165, 1.54) is 6.33 Å². The van der Waals surface area contributed by atoms with E-state index in [1.54, 1.807) is 41.1 Å². The molecule has 1 heterocycles. The number of nitrogens with one attached hydrogen (secondary N) is 1. The van der Waals surface area contributed by atoms with E-state index >= 15 is 0 Å². The fourth-order valence-corrected chi connectivity index (χ4v) is 3.02. The van der Waals surface area contributed by atoms with Gasteiger partial charge in [-0.3, -0.25) is 4.79 Å². The molecule has 0 atom stereocenters. The molecule has 4 rings (SSSR count). The Morgan fingerprint density at radius 3 is 2.56 bits per heavy atom. The van der Waals surface area contributed by atoms with Crippen molar-refractivity contribution in [1.29, 1.82) is 0 Å². The van der Waals surface area contributed by atoms with Gasteiger partial charge in [0, 0.05) is 10.6 Å². The maximum absolute atomic E-state index is 12.6. The first-order chi connectivity index (χ1) is 15.6. The number of carbonyl (C=O) groups excluding carboxylic acids is 1. The number of hydrogen-bond acceptors (Lipinski definition) is 6. The number of tetrazole rings is 1. The second kappa shape index (κ2) is 9.84. The quantitative estimate of drug-likeness (QED) is 0.341. The Kier molecular flexibility index (Phi) is 6.52.